The van der Waals surface area contributed by atoms with Gasteiger partial charge in [-0.05, 0) is 6.07 Å². The van der Waals surface area contributed by atoms with E-state index in [-0.39, 0.29) is 0 Å². The molecule has 0 aliphatic heterocycles. The second-order valence-corrected chi connectivity index (χ2v) is 3.37. The van der Waals surface area contributed by atoms with Gasteiger partial charge in [-0.25, -0.2) is 0 Å². The SMILES string of the molecule is ClCCN(CCCl)c1[c]cccc1. The van der Waals surface area contributed by atoms with Crippen LogP contribution in [0.5, 0.6) is 0 Å². The Hall–Kier alpha value is -0.400. The van der Waals surface area contributed by atoms with Gasteiger partial charge in [-0.2, -0.15) is 0 Å². The van der Waals surface area contributed by atoms with Gasteiger partial charge < -0.3 is 4.90 Å². The molecule has 71 valence electrons. The van der Waals surface area contributed by atoms with Crippen molar-refractivity contribution in [3.8, 4) is 0 Å². The maximum absolute atomic E-state index is 5.68. The van der Waals surface area contributed by atoms with E-state index in [1.54, 1.807) is 0 Å². The van der Waals surface area contributed by atoms with Gasteiger partial charge in [0.1, 0.15) is 0 Å². The van der Waals surface area contributed by atoms with Gasteiger partial charge >= 0.3 is 0 Å². The molecule has 1 aromatic rings. The van der Waals surface area contributed by atoms with Gasteiger partial charge in [0, 0.05) is 36.6 Å². The fourth-order valence-corrected chi connectivity index (χ4v) is 1.55. The average Bonchev–Trinajstić information content (AvgIpc) is 2.19. The summed E-state index contributed by atoms with van der Waals surface area (Å²) in [6, 6.07) is 11.0. The molecule has 1 nitrogen and oxygen atoms in total. The Bertz CT molecular complexity index is 220. The number of benzene rings is 1. The van der Waals surface area contributed by atoms with Crippen molar-refractivity contribution in [2.24, 2.45) is 0 Å². The zero-order valence-electron chi connectivity index (χ0n) is 7.34. The number of hydrogen-bond donors (Lipinski definition) is 0. The minimum absolute atomic E-state index is 0.611. The lowest BCUT2D eigenvalue weighted by atomic mass is 10.3. The normalized spacial score (nSPS) is 10.0. The zero-order chi connectivity index (χ0) is 9.52. The molecule has 1 rings (SSSR count). The van der Waals surface area contributed by atoms with Crippen molar-refractivity contribution in [1.82, 2.24) is 0 Å². The van der Waals surface area contributed by atoms with Crippen LogP contribution in [0.15, 0.2) is 24.3 Å². The highest BCUT2D eigenvalue weighted by Crippen LogP contribution is 2.11. The van der Waals surface area contributed by atoms with Gasteiger partial charge in [-0.3, -0.25) is 0 Å². The van der Waals surface area contributed by atoms with Crippen molar-refractivity contribution >= 4 is 28.9 Å². The summed E-state index contributed by atoms with van der Waals surface area (Å²) < 4.78 is 0. The lowest BCUT2D eigenvalue weighted by Gasteiger charge is -2.22. The summed E-state index contributed by atoms with van der Waals surface area (Å²) >= 11 is 11.4. The lowest BCUT2D eigenvalue weighted by molar-refractivity contribution is 0.873. The summed E-state index contributed by atoms with van der Waals surface area (Å²) in [7, 11) is 0. The van der Waals surface area contributed by atoms with Gasteiger partial charge in [0.25, 0.3) is 0 Å². The molecule has 0 bridgehead atoms. The smallest absolute Gasteiger partial charge is 0.0447 e. The maximum atomic E-state index is 5.68. The Kier molecular flexibility index (Phi) is 5.02. The van der Waals surface area contributed by atoms with Crippen molar-refractivity contribution in [2.45, 2.75) is 0 Å². The standard InChI is InChI=1S/C10H12Cl2N/c11-6-8-13(9-7-12)10-4-2-1-3-5-10/h1-4H,6-9H2. The first kappa shape index (κ1) is 10.7. The Labute approximate surface area is 89.3 Å². The number of nitrogens with zero attached hydrogens (tertiary/aromatic N) is 1. The average molecular weight is 217 g/mol. The van der Waals surface area contributed by atoms with E-state index < -0.39 is 0 Å². The van der Waals surface area contributed by atoms with E-state index in [1.165, 1.54) is 0 Å². The fourth-order valence-electron chi connectivity index (χ4n) is 1.14. The van der Waals surface area contributed by atoms with Gasteiger partial charge in [0.15, 0.2) is 0 Å². The van der Waals surface area contributed by atoms with Crippen LogP contribution in [0, 0.1) is 6.07 Å². The van der Waals surface area contributed by atoms with Crippen LogP contribution in [0.25, 0.3) is 0 Å². The highest BCUT2D eigenvalue weighted by molar-refractivity contribution is 6.18. The van der Waals surface area contributed by atoms with E-state index in [2.05, 4.69) is 11.0 Å². The Morgan fingerprint density at radius 2 is 1.85 bits per heavy atom. The summed E-state index contributed by atoms with van der Waals surface area (Å²) in [6.07, 6.45) is 0. The highest BCUT2D eigenvalue weighted by Gasteiger charge is 2.03. The predicted octanol–water partition coefficient (Wildman–Crippen LogP) is 2.77. The van der Waals surface area contributed by atoms with Gasteiger partial charge in [0.05, 0.1) is 0 Å². The molecule has 0 spiro atoms. The molecule has 0 aliphatic rings. The fraction of sp³-hybridized carbons (Fsp3) is 0.400. The van der Waals surface area contributed by atoms with Crippen LogP contribution in [0.3, 0.4) is 0 Å². The van der Waals surface area contributed by atoms with Gasteiger partial charge in [0.2, 0.25) is 0 Å². The molecular formula is C10H12Cl2N. The van der Waals surface area contributed by atoms with Crippen molar-refractivity contribution in [1.29, 1.82) is 0 Å². The van der Waals surface area contributed by atoms with Gasteiger partial charge in [-0.15, -0.1) is 23.2 Å². The molecule has 0 heterocycles. The zero-order valence-corrected chi connectivity index (χ0v) is 8.85. The van der Waals surface area contributed by atoms with Crippen molar-refractivity contribution in [2.75, 3.05) is 29.7 Å². The molecule has 0 saturated carbocycles. The number of anilines is 1. The van der Waals surface area contributed by atoms with E-state index in [0.29, 0.717) is 11.8 Å². The quantitative estimate of drug-likeness (QED) is 0.685. The third-order valence-corrected chi connectivity index (χ3v) is 2.08. The number of para-hydroxylation sites is 1. The lowest BCUT2D eigenvalue weighted by Crippen LogP contribution is -2.27. The first-order chi connectivity index (χ1) is 6.38. The first-order valence-electron chi connectivity index (χ1n) is 4.22. The molecule has 0 saturated heterocycles. The molecule has 0 atom stereocenters. The van der Waals surface area contributed by atoms with Crippen LogP contribution in [-0.2, 0) is 0 Å². The summed E-state index contributed by atoms with van der Waals surface area (Å²) in [4.78, 5) is 2.12. The Morgan fingerprint density at radius 3 is 2.31 bits per heavy atom. The Morgan fingerprint density at radius 1 is 1.15 bits per heavy atom. The molecule has 3 heteroatoms. The number of alkyl halides is 2. The van der Waals surface area contributed by atoms with Crippen LogP contribution in [0.1, 0.15) is 0 Å². The minimum Gasteiger partial charge on any atom is -0.369 e. The van der Waals surface area contributed by atoms with E-state index in [4.69, 9.17) is 23.2 Å². The predicted molar refractivity (Wildman–Crippen MR) is 58.9 cm³/mol. The van der Waals surface area contributed by atoms with Crippen LogP contribution >= 0.6 is 23.2 Å². The van der Waals surface area contributed by atoms with Crippen molar-refractivity contribution in [3.05, 3.63) is 30.3 Å². The summed E-state index contributed by atoms with van der Waals surface area (Å²) in [5.41, 5.74) is 1.06. The van der Waals surface area contributed by atoms with Crippen molar-refractivity contribution < 1.29 is 0 Å². The van der Waals surface area contributed by atoms with E-state index in [1.807, 2.05) is 24.3 Å². The molecular weight excluding hydrogens is 205 g/mol. The molecule has 0 unspecified atom stereocenters. The summed E-state index contributed by atoms with van der Waals surface area (Å²) in [5, 5.41) is 0. The molecule has 0 fully saturated rings. The number of rotatable bonds is 5. The molecule has 1 radical (unpaired) electrons. The molecule has 0 aliphatic carbocycles. The van der Waals surface area contributed by atoms with Crippen LogP contribution in [0.2, 0.25) is 0 Å². The first-order valence-corrected chi connectivity index (χ1v) is 5.29. The Balaban J connectivity index is 2.64. The molecule has 0 amide bonds. The molecule has 0 N–H and O–H groups in total. The number of halogens is 2. The molecule has 0 aromatic heterocycles. The number of hydrogen-bond acceptors (Lipinski definition) is 1. The van der Waals surface area contributed by atoms with Crippen LogP contribution in [0.4, 0.5) is 5.69 Å². The minimum atomic E-state index is 0.611. The second-order valence-electron chi connectivity index (χ2n) is 2.61. The van der Waals surface area contributed by atoms with E-state index >= 15 is 0 Å². The summed E-state index contributed by atoms with van der Waals surface area (Å²) in [5.74, 6) is 1.22. The second kappa shape index (κ2) is 6.11. The van der Waals surface area contributed by atoms with E-state index in [0.717, 1.165) is 18.8 Å². The highest BCUT2D eigenvalue weighted by atomic mass is 35.5. The molecule has 13 heavy (non-hydrogen) atoms. The summed E-state index contributed by atoms with van der Waals surface area (Å²) in [6.45, 7) is 1.63. The van der Waals surface area contributed by atoms with E-state index in [9.17, 15) is 0 Å². The molecule has 1 aromatic carbocycles. The third-order valence-electron chi connectivity index (χ3n) is 1.74. The monoisotopic (exact) mass is 216 g/mol. The largest absolute Gasteiger partial charge is 0.369 e. The third kappa shape index (κ3) is 3.45. The van der Waals surface area contributed by atoms with Gasteiger partial charge in [-0.1, -0.05) is 18.2 Å². The van der Waals surface area contributed by atoms with Crippen molar-refractivity contribution in [3.63, 3.8) is 0 Å². The van der Waals surface area contributed by atoms with Crippen LogP contribution in [-0.4, -0.2) is 24.8 Å². The maximum Gasteiger partial charge on any atom is 0.0447 e. The van der Waals surface area contributed by atoms with Crippen LogP contribution < -0.4 is 4.90 Å². The topological polar surface area (TPSA) is 3.24 Å².